The third-order valence-corrected chi connectivity index (χ3v) is 8.81. The lowest BCUT2D eigenvalue weighted by Crippen LogP contribution is -2.28. The zero-order chi connectivity index (χ0) is 30.2. The lowest BCUT2D eigenvalue weighted by atomic mass is 9.82. The van der Waals surface area contributed by atoms with Crippen LogP contribution in [0.4, 0.5) is 16.2 Å². The predicted octanol–water partition coefficient (Wildman–Crippen LogP) is 5.94. The molecule has 0 unspecified atom stereocenters. The average molecular weight is 577 g/mol. The molecule has 0 radical (unpaired) electrons. The van der Waals surface area contributed by atoms with E-state index in [4.69, 9.17) is 5.10 Å². The molecule has 0 bridgehead atoms. The predicted molar refractivity (Wildman–Crippen MR) is 170 cm³/mol. The first kappa shape index (κ1) is 27.1. The molecule has 0 spiro atoms. The molecule has 0 atom stereocenters. The van der Waals surface area contributed by atoms with Gasteiger partial charge in [-0.3, -0.25) is 14.4 Å². The van der Waals surface area contributed by atoms with Gasteiger partial charge >= 0.3 is 6.09 Å². The Hall–Kier alpha value is -4.79. The summed E-state index contributed by atoms with van der Waals surface area (Å²) >= 11 is 0. The number of benzene rings is 3. The van der Waals surface area contributed by atoms with Crippen molar-refractivity contribution in [3.63, 3.8) is 0 Å². The minimum atomic E-state index is -1.01. The summed E-state index contributed by atoms with van der Waals surface area (Å²) < 4.78 is 4.24. The van der Waals surface area contributed by atoms with Crippen molar-refractivity contribution in [2.45, 2.75) is 46.3 Å². The van der Waals surface area contributed by atoms with E-state index in [-0.39, 0.29) is 12.5 Å². The molecule has 0 fully saturated rings. The van der Waals surface area contributed by atoms with E-state index < -0.39 is 6.09 Å². The fourth-order valence-electron chi connectivity index (χ4n) is 6.98. The number of aryl methyl sites for hydroxylation is 3. The number of amides is 2. The minimum absolute atomic E-state index is 0.0564. The molecular formula is C34H36N6O3. The molecular weight excluding hydrogens is 540 g/mol. The van der Waals surface area contributed by atoms with Crippen LogP contribution in [-0.2, 0) is 39.5 Å². The molecule has 9 nitrogen and oxygen atoms in total. The number of nitrogens with one attached hydrogen (secondary N) is 1. The van der Waals surface area contributed by atoms with E-state index in [0.717, 1.165) is 80.4 Å². The number of hydrogen-bond donors (Lipinski definition) is 2. The highest BCUT2D eigenvalue weighted by molar-refractivity contribution is 6.20. The summed E-state index contributed by atoms with van der Waals surface area (Å²) in [5.41, 5.74) is 10.8. The van der Waals surface area contributed by atoms with E-state index in [1.54, 1.807) is 0 Å². The molecule has 2 aliphatic rings. The number of aromatic nitrogens is 3. The number of anilines is 2. The van der Waals surface area contributed by atoms with Crippen LogP contribution in [0.25, 0.3) is 32.9 Å². The molecule has 0 saturated heterocycles. The molecule has 9 heteroatoms. The van der Waals surface area contributed by atoms with Crippen LogP contribution < -0.4 is 15.1 Å². The Morgan fingerprint density at radius 1 is 1.05 bits per heavy atom. The van der Waals surface area contributed by atoms with Crippen molar-refractivity contribution in [2.75, 3.05) is 23.9 Å². The van der Waals surface area contributed by atoms with Gasteiger partial charge in [0.05, 0.1) is 23.3 Å². The minimum Gasteiger partial charge on any atom is -0.465 e. The molecule has 220 valence electrons. The Morgan fingerprint density at radius 3 is 2.49 bits per heavy atom. The van der Waals surface area contributed by atoms with Gasteiger partial charge in [-0.2, -0.15) is 5.10 Å². The summed E-state index contributed by atoms with van der Waals surface area (Å²) in [6.45, 7) is 5.91. The normalized spacial score (nSPS) is 13.8. The fourth-order valence-corrected chi connectivity index (χ4v) is 6.98. The number of rotatable bonds is 6. The Morgan fingerprint density at radius 2 is 1.79 bits per heavy atom. The first-order valence-electron chi connectivity index (χ1n) is 14.8. The van der Waals surface area contributed by atoms with Gasteiger partial charge < -0.3 is 19.9 Å². The number of hydrogen-bond acceptors (Lipinski definition) is 4. The zero-order valence-corrected chi connectivity index (χ0v) is 25.2. The summed E-state index contributed by atoms with van der Waals surface area (Å²) in [5, 5.41) is 20.2. The van der Waals surface area contributed by atoms with Gasteiger partial charge in [0.15, 0.2) is 0 Å². The number of fused-ring (bicyclic) bond motifs is 10. The molecule has 2 aromatic heterocycles. The Kier molecular flexibility index (Phi) is 6.23. The van der Waals surface area contributed by atoms with Crippen LogP contribution in [-0.4, -0.2) is 45.5 Å². The largest absolute Gasteiger partial charge is 0.465 e. The summed E-state index contributed by atoms with van der Waals surface area (Å²) in [5.74, 6) is 0.333. The summed E-state index contributed by atoms with van der Waals surface area (Å²) in [6, 6.07) is 13.9. The summed E-state index contributed by atoms with van der Waals surface area (Å²) in [4.78, 5) is 29.5. The van der Waals surface area contributed by atoms with Gasteiger partial charge in [-0.05, 0) is 65.8 Å². The van der Waals surface area contributed by atoms with Crippen LogP contribution in [0.5, 0.6) is 0 Å². The highest BCUT2D eigenvalue weighted by Crippen LogP contribution is 2.47. The van der Waals surface area contributed by atoms with Crippen molar-refractivity contribution in [2.24, 2.45) is 13.0 Å². The maximum atomic E-state index is 13.4. The Labute approximate surface area is 250 Å². The van der Waals surface area contributed by atoms with E-state index >= 15 is 0 Å². The molecule has 3 aromatic carbocycles. The van der Waals surface area contributed by atoms with Gasteiger partial charge in [-0.1, -0.05) is 26.0 Å². The standard InChI is InChI=1S/C34H36N6O3/c1-19(2)16-40-28-13-10-22(39(34(42)43)17-20-6-8-21(9-7-20)37(3)4)14-24(28)30-25-15-35-33(41)31(25)29-23(32(30)40)11-12-27-26(29)18-38(5)36-27/h6-10,13-14,18-19H,11-12,15-17H2,1-5H3,(H,35,41)(H,42,43). The van der Waals surface area contributed by atoms with Crippen molar-refractivity contribution < 1.29 is 14.7 Å². The second kappa shape index (κ2) is 9.90. The first-order valence-corrected chi connectivity index (χ1v) is 14.8. The van der Waals surface area contributed by atoms with E-state index in [0.29, 0.717) is 18.2 Å². The molecule has 43 heavy (non-hydrogen) atoms. The molecule has 0 saturated carbocycles. The summed E-state index contributed by atoms with van der Waals surface area (Å²) in [6.07, 6.45) is 2.63. The van der Waals surface area contributed by atoms with Gasteiger partial charge in [0, 0.05) is 79.2 Å². The third kappa shape index (κ3) is 4.25. The van der Waals surface area contributed by atoms with Gasteiger partial charge in [0.1, 0.15) is 0 Å². The van der Waals surface area contributed by atoms with Gasteiger partial charge in [0.25, 0.3) is 5.91 Å². The fraction of sp³-hybridized carbons (Fsp3) is 0.324. The van der Waals surface area contributed by atoms with Crippen LogP contribution in [0.3, 0.4) is 0 Å². The first-order chi connectivity index (χ1) is 20.6. The maximum absolute atomic E-state index is 13.4. The van der Waals surface area contributed by atoms with Gasteiger partial charge in [0.2, 0.25) is 0 Å². The Balaban J connectivity index is 1.47. The second-order valence-corrected chi connectivity index (χ2v) is 12.4. The number of nitrogens with zero attached hydrogens (tertiary/aromatic N) is 5. The lowest BCUT2D eigenvalue weighted by Gasteiger charge is -2.22. The molecule has 1 aliphatic heterocycles. The molecule has 2 N–H and O–H groups in total. The topological polar surface area (TPSA) is 95.6 Å². The molecule has 5 aromatic rings. The van der Waals surface area contributed by atoms with E-state index in [1.807, 2.05) is 73.3 Å². The quantitative estimate of drug-likeness (QED) is 0.261. The lowest BCUT2D eigenvalue weighted by molar-refractivity contribution is 0.0966. The smallest absolute Gasteiger partial charge is 0.412 e. The van der Waals surface area contributed by atoms with E-state index in [2.05, 4.69) is 29.8 Å². The number of carbonyl (C=O) groups is 2. The Bertz CT molecular complexity index is 1950. The van der Waals surface area contributed by atoms with Crippen LogP contribution in [0.1, 0.15) is 46.6 Å². The second-order valence-electron chi connectivity index (χ2n) is 12.4. The van der Waals surface area contributed by atoms with Crippen LogP contribution in [0.15, 0.2) is 48.7 Å². The van der Waals surface area contributed by atoms with E-state index in [1.165, 1.54) is 10.5 Å². The summed E-state index contributed by atoms with van der Waals surface area (Å²) in [7, 11) is 5.89. The van der Waals surface area contributed by atoms with Crippen molar-refractivity contribution in [1.82, 2.24) is 19.7 Å². The van der Waals surface area contributed by atoms with E-state index in [9.17, 15) is 14.7 Å². The average Bonchev–Trinajstić information content (AvgIpc) is 3.64. The molecule has 7 rings (SSSR count). The number of carboxylic acid groups (broad SMARTS) is 1. The molecule has 1 aliphatic carbocycles. The maximum Gasteiger partial charge on any atom is 0.412 e. The van der Waals surface area contributed by atoms with Gasteiger partial charge in [-0.25, -0.2) is 4.79 Å². The number of carbonyl (C=O) groups excluding carboxylic acids is 1. The van der Waals surface area contributed by atoms with Crippen molar-refractivity contribution >= 4 is 45.2 Å². The SMILES string of the molecule is CC(C)Cn1c2ccc(N(Cc3ccc(N(C)C)cc3)C(=O)O)cc2c2c3c(c4c(c21)CCc1nn(C)cc1-4)C(=O)NC3. The monoisotopic (exact) mass is 576 g/mol. The van der Waals surface area contributed by atoms with Crippen molar-refractivity contribution in [3.8, 4) is 11.1 Å². The van der Waals surface area contributed by atoms with Gasteiger partial charge in [-0.15, -0.1) is 0 Å². The van der Waals surface area contributed by atoms with Crippen LogP contribution >= 0.6 is 0 Å². The van der Waals surface area contributed by atoms with Crippen LogP contribution in [0, 0.1) is 5.92 Å². The zero-order valence-electron chi connectivity index (χ0n) is 25.2. The molecule has 3 heterocycles. The highest BCUT2D eigenvalue weighted by Gasteiger charge is 2.35. The van der Waals surface area contributed by atoms with Crippen molar-refractivity contribution in [3.05, 3.63) is 76.6 Å². The van der Waals surface area contributed by atoms with Crippen molar-refractivity contribution in [1.29, 1.82) is 0 Å². The highest BCUT2D eigenvalue weighted by atomic mass is 16.4. The third-order valence-electron chi connectivity index (χ3n) is 8.81. The van der Waals surface area contributed by atoms with Crippen LogP contribution in [0.2, 0.25) is 0 Å². The molecule has 2 amide bonds.